The van der Waals surface area contributed by atoms with Crippen LogP contribution in [0.3, 0.4) is 0 Å². The average Bonchev–Trinajstić information content (AvgIpc) is 2.71. The van der Waals surface area contributed by atoms with Crippen molar-refractivity contribution in [2.24, 2.45) is 5.73 Å². The third-order valence-electron chi connectivity index (χ3n) is 4.20. The Balaban J connectivity index is 2.63. The molecule has 0 saturated carbocycles. The molecule has 0 heterocycles. The van der Waals surface area contributed by atoms with E-state index in [1.807, 2.05) is 11.4 Å². The Morgan fingerprint density at radius 2 is 1.48 bits per heavy atom. The zero-order valence-electron chi connectivity index (χ0n) is 16.8. The van der Waals surface area contributed by atoms with E-state index in [1.54, 1.807) is 24.3 Å². The number of aliphatic hydroxyl groups excluding tert-OH is 1. The SMILES string of the molecule is CC(NC(=O)C(N)Cc1ccccc1)C(=O)NC(CO)C(=O)NC(CC(=O)O)C(=O)O. The van der Waals surface area contributed by atoms with E-state index in [2.05, 4.69) is 10.6 Å². The molecular weight excluding hydrogens is 412 g/mol. The van der Waals surface area contributed by atoms with Crippen LogP contribution < -0.4 is 21.7 Å². The Morgan fingerprint density at radius 1 is 0.903 bits per heavy atom. The van der Waals surface area contributed by atoms with Crippen LogP contribution in [-0.4, -0.2) is 75.8 Å². The minimum Gasteiger partial charge on any atom is -0.481 e. The molecule has 12 heteroatoms. The summed E-state index contributed by atoms with van der Waals surface area (Å²) in [7, 11) is 0. The number of aliphatic hydroxyl groups is 1. The van der Waals surface area contributed by atoms with Gasteiger partial charge in [0.05, 0.1) is 19.1 Å². The van der Waals surface area contributed by atoms with Crippen molar-refractivity contribution < 1.29 is 39.3 Å². The number of carbonyl (C=O) groups is 5. The number of hydrogen-bond acceptors (Lipinski definition) is 7. The summed E-state index contributed by atoms with van der Waals surface area (Å²) in [6.07, 6.45) is -0.651. The molecule has 8 N–H and O–H groups in total. The van der Waals surface area contributed by atoms with Crippen LogP contribution in [0.1, 0.15) is 18.9 Å². The van der Waals surface area contributed by atoms with Gasteiger partial charge in [0.25, 0.3) is 0 Å². The summed E-state index contributed by atoms with van der Waals surface area (Å²) in [5.41, 5.74) is 6.67. The van der Waals surface area contributed by atoms with Gasteiger partial charge in [0.2, 0.25) is 17.7 Å². The Labute approximate surface area is 177 Å². The fourth-order valence-corrected chi connectivity index (χ4v) is 2.48. The number of benzene rings is 1. The molecule has 0 aliphatic carbocycles. The van der Waals surface area contributed by atoms with Gasteiger partial charge in [-0.1, -0.05) is 30.3 Å². The van der Waals surface area contributed by atoms with Crippen LogP contribution in [0.25, 0.3) is 0 Å². The Morgan fingerprint density at radius 3 is 2.00 bits per heavy atom. The minimum atomic E-state index is -1.75. The number of hydrogen-bond donors (Lipinski definition) is 7. The second kappa shape index (κ2) is 12.2. The topological polar surface area (TPSA) is 208 Å². The van der Waals surface area contributed by atoms with Gasteiger partial charge < -0.3 is 37.0 Å². The third kappa shape index (κ3) is 8.80. The molecule has 12 nitrogen and oxygen atoms in total. The number of amides is 3. The molecule has 1 rings (SSSR count). The van der Waals surface area contributed by atoms with Gasteiger partial charge in [0, 0.05) is 0 Å². The fourth-order valence-electron chi connectivity index (χ4n) is 2.48. The van der Waals surface area contributed by atoms with E-state index >= 15 is 0 Å². The number of rotatable bonds is 12. The zero-order valence-corrected chi connectivity index (χ0v) is 16.8. The van der Waals surface area contributed by atoms with Gasteiger partial charge in [-0.25, -0.2) is 4.79 Å². The molecule has 0 aromatic heterocycles. The molecule has 0 spiro atoms. The van der Waals surface area contributed by atoms with Gasteiger partial charge in [0.1, 0.15) is 18.1 Å². The molecule has 0 radical (unpaired) electrons. The lowest BCUT2D eigenvalue weighted by molar-refractivity contribution is -0.147. The summed E-state index contributed by atoms with van der Waals surface area (Å²) in [4.78, 5) is 58.3. The zero-order chi connectivity index (χ0) is 23.6. The van der Waals surface area contributed by atoms with Crippen molar-refractivity contribution in [1.82, 2.24) is 16.0 Å². The predicted molar refractivity (Wildman–Crippen MR) is 107 cm³/mol. The molecule has 3 amide bonds. The Hall–Kier alpha value is -3.51. The van der Waals surface area contributed by atoms with Crippen molar-refractivity contribution in [3.05, 3.63) is 35.9 Å². The van der Waals surface area contributed by atoms with E-state index in [9.17, 15) is 29.1 Å². The van der Waals surface area contributed by atoms with Crippen molar-refractivity contribution in [2.75, 3.05) is 6.61 Å². The van der Waals surface area contributed by atoms with E-state index in [4.69, 9.17) is 15.9 Å². The van der Waals surface area contributed by atoms with E-state index in [0.717, 1.165) is 5.56 Å². The molecule has 0 aliphatic heterocycles. The van der Waals surface area contributed by atoms with E-state index in [-0.39, 0.29) is 6.42 Å². The standard InChI is InChI=1S/C19H26N4O8/c1-10(21-17(28)12(20)7-11-5-3-2-4-6-11)16(27)23-14(9-24)18(29)22-13(19(30)31)8-15(25)26/h2-6,10,12-14,24H,7-9,20H2,1H3,(H,21,28)(H,22,29)(H,23,27)(H,25,26)(H,30,31). The molecule has 0 aliphatic rings. The Bertz CT molecular complexity index is 801. The third-order valence-corrected chi connectivity index (χ3v) is 4.20. The number of nitrogens with two attached hydrogens (primary N) is 1. The summed E-state index contributed by atoms with van der Waals surface area (Å²) >= 11 is 0. The molecule has 31 heavy (non-hydrogen) atoms. The lowest BCUT2D eigenvalue weighted by Crippen LogP contribution is -2.57. The number of nitrogens with one attached hydrogen (secondary N) is 3. The highest BCUT2D eigenvalue weighted by atomic mass is 16.4. The summed E-state index contributed by atoms with van der Waals surface area (Å²) in [5, 5.41) is 33.5. The van der Waals surface area contributed by atoms with Crippen LogP contribution >= 0.6 is 0 Å². The van der Waals surface area contributed by atoms with E-state index in [1.165, 1.54) is 6.92 Å². The highest BCUT2D eigenvalue weighted by Gasteiger charge is 2.29. The molecule has 0 bridgehead atoms. The smallest absolute Gasteiger partial charge is 0.326 e. The maximum atomic E-state index is 12.3. The van der Waals surface area contributed by atoms with Crippen molar-refractivity contribution in [3.8, 4) is 0 Å². The quantitative estimate of drug-likeness (QED) is 0.185. The average molecular weight is 438 g/mol. The fraction of sp³-hybridized carbons (Fsp3) is 0.421. The molecule has 0 saturated heterocycles. The van der Waals surface area contributed by atoms with Crippen molar-refractivity contribution >= 4 is 29.7 Å². The molecule has 4 unspecified atom stereocenters. The second-order valence-corrected chi connectivity index (χ2v) is 6.77. The number of carboxylic acid groups (broad SMARTS) is 2. The van der Waals surface area contributed by atoms with Crippen LogP contribution in [0.2, 0.25) is 0 Å². The van der Waals surface area contributed by atoms with Gasteiger partial charge in [0.15, 0.2) is 0 Å². The molecule has 4 atom stereocenters. The first-order valence-corrected chi connectivity index (χ1v) is 9.31. The van der Waals surface area contributed by atoms with Gasteiger partial charge in [-0.3, -0.25) is 19.2 Å². The number of aliphatic carboxylic acids is 2. The minimum absolute atomic E-state index is 0.239. The molecule has 0 fully saturated rings. The van der Waals surface area contributed by atoms with Crippen LogP contribution in [0.4, 0.5) is 0 Å². The van der Waals surface area contributed by atoms with Crippen LogP contribution in [0.15, 0.2) is 30.3 Å². The molecule has 1 aromatic carbocycles. The highest BCUT2D eigenvalue weighted by molar-refractivity contribution is 5.94. The number of carbonyl (C=O) groups excluding carboxylic acids is 3. The molecule has 170 valence electrons. The first kappa shape index (κ1) is 25.5. The first-order valence-electron chi connectivity index (χ1n) is 9.31. The molecule has 1 aromatic rings. The highest BCUT2D eigenvalue weighted by Crippen LogP contribution is 2.02. The summed E-state index contributed by atoms with van der Waals surface area (Å²) in [6, 6.07) is 3.64. The maximum absolute atomic E-state index is 12.3. The van der Waals surface area contributed by atoms with Gasteiger partial charge in [-0.15, -0.1) is 0 Å². The van der Waals surface area contributed by atoms with Gasteiger partial charge in [-0.2, -0.15) is 0 Å². The summed E-state index contributed by atoms with van der Waals surface area (Å²) in [5.74, 6) is -5.58. The van der Waals surface area contributed by atoms with Crippen LogP contribution in [0, 0.1) is 0 Å². The predicted octanol–water partition coefficient (Wildman–Crippen LogP) is -2.42. The van der Waals surface area contributed by atoms with Crippen molar-refractivity contribution in [2.45, 2.75) is 43.9 Å². The summed E-state index contributed by atoms with van der Waals surface area (Å²) in [6.45, 7) is 0.449. The normalized spacial score (nSPS) is 14.4. The van der Waals surface area contributed by atoms with Crippen molar-refractivity contribution in [1.29, 1.82) is 0 Å². The van der Waals surface area contributed by atoms with E-state index < -0.39 is 66.9 Å². The monoisotopic (exact) mass is 438 g/mol. The largest absolute Gasteiger partial charge is 0.481 e. The summed E-state index contributed by atoms with van der Waals surface area (Å²) < 4.78 is 0. The van der Waals surface area contributed by atoms with E-state index in [0.29, 0.717) is 0 Å². The van der Waals surface area contributed by atoms with Crippen LogP contribution in [-0.2, 0) is 30.4 Å². The lowest BCUT2D eigenvalue weighted by atomic mass is 10.1. The maximum Gasteiger partial charge on any atom is 0.326 e. The van der Waals surface area contributed by atoms with Crippen molar-refractivity contribution in [3.63, 3.8) is 0 Å². The molecular formula is C19H26N4O8. The Kier molecular flexibility index (Phi) is 10.1. The van der Waals surface area contributed by atoms with Crippen LogP contribution in [0.5, 0.6) is 0 Å². The lowest BCUT2D eigenvalue weighted by Gasteiger charge is -2.22. The van der Waals surface area contributed by atoms with Gasteiger partial charge in [-0.05, 0) is 18.9 Å². The van der Waals surface area contributed by atoms with Gasteiger partial charge >= 0.3 is 11.9 Å². The number of carboxylic acids is 2. The first-order chi connectivity index (χ1) is 14.5. The second-order valence-electron chi connectivity index (χ2n) is 6.77.